The summed E-state index contributed by atoms with van der Waals surface area (Å²) in [5.74, 6) is -0.225. The zero-order valence-corrected chi connectivity index (χ0v) is 19.9. The van der Waals surface area contributed by atoms with Crippen molar-refractivity contribution in [1.29, 1.82) is 0 Å². The van der Waals surface area contributed by atoms with Crippen LogP contribution in [-0.2, 0) is 4.79 Å². The zero-order chi connectivity index (χ0) is 23.9. The first-order valence-corrected chi connectivity index (χ1v) is 11.9. The van der Waals surface area contributed by atoms with Gasteiger partial charge >= 0.3 is 0 Å². The molecule has 4 nitrogen and oxygen atoms in total. The van der Waals surface area contributed by atoms with Gasteiger partial charge in [0.1, 0.15) is 5.25 Å². The van der Waals surface area contributed by atoms with Gasteiger partial charge < -0.3 is 10.6 Å². The Morgan fingerprint density at radius 3 is 2.12 bits per heavy atom. The molecule has 0 aliphatic heterocycles. The Bertz CT molecular complexity index is 1290. The van der Waals surface area contributed by atoms with Gasteiger partial charge in [-0.2, -0.15) is 0 Å². The number of nitrogens with one attached hydrogen (secondary N) is 2. The normalized spacial score (nSPS) is 11.5. The second-order valence-electron chi connectivity index (χ2n) is 8.06. The fourth-order valence-corrected chi connectivity index (χ4v) is 4.63. The van der Waals surface area contributed by atoms with Crippen LogP contribution < -0.4 is 10.6 Å². The number of anilines is 2. The van der Waals surface area contributed by atoms with E-state index in [0.717, 1.165) is 27.3 Å². The maximum Gasteiger partial charge on any atom is 0.255 e. The first kappa shape index (κ1) is 23.3. The van der Waals surface area contributed by atoms with E-state index >= 15 is 0 Å². The Hall–Kier alpha value is -3.83. The van der Waals surface area contributed by atoms with Gasteiger partial charge in [0, 0.05) is 21.8 Å². The van der Waals surface area contributed by atoms with Crippen molar-refractivity contribution in [2.45, 2.75) is 24.0 Å². The minimum atomic E-state index is -0.422. The number of carbonyl (C=O) groups excluding carboxylic acids is 2. The number of benzene rings is 4. The zero-order valence-electron chi connectivity index (χ0n) is 19.1. The quantitative estimate of drug-likeness (QED) is 0.288. The molecular formula is C29H26N2O2S. The van der Waals surface area contributed by atoms with Gasteiger partial charge in [0.25, 0.3) is 5.91 Å². The molecule has 0 saturated heterocycles. The number of amides is 2. The van der Waals surface area contributed by atoms with Crippen LogP contribution in [0.25, 0.3) is 0 Å². The molecule has 4 rings (SSSR count). The Morgan fingerprint density at radius 2 is 1.41 bits per heavy atom. The lowest BCUT2D eigenvalue weighted by molar-refractivity contribution is -0.115. The number of hydrogen-bond acceptors (Lipinski definition) is 3. The van der Waals surface area contributed by atoms with E-state index < -0.39 is 5.25 Å². The third-order valence-electron chi connectivity index (χ3n) is 5.38. The van der Waals surface area contributed by atoms with E-state index in [1.165, 1.54) is 11.8 Å². The highest BCUT2D eigenvalue weighted by atomic mass is 32.2. The van der Waals surface area contributed by atoms with E-state index in [-0.39, 0.29) is 11.8 Å². The monoisotopic (exact) mass is 466 g/mol. The summed E-state index contributed by atoms with van der Waals surface area (Å²) in [4.78, 5) is 26.8. The van der Waals surface area contributed by atoms with Crippen LogP contribution in [0.4, 0.5) is 11.4 Å². The first-order valence-electron chi connectivity index (χ1n) is 11.1. The van der Waals surface area contributed by atoms with Crippen molar-refractivity contribution in [1.82, 2.24) is 0 Å². The molecule has 0 saturated carbocycles. The van der Waals surface area contributed by atoms with Crippen LogP contribution >= 0.6 is 11.8 Å². The predicted molar refractivity (Wildman–Crippen MR) is 140 cm³/mol. The molecule has 1 unspecified atom stereocenters. The standard InChI is InChI=1S/C29H26N2O2S/c1-20-9-8-13-24(19-20)31-29(33)27(22-11-4-3-5-12-22)34-25-17-15-23(16-18-25)30-28(32)26-14-7-6-10-21(26)2/h3-19,27H,1-2H3,(H,30,32)(H,31,33). The van der Waals surface area contributed by atoms with E-state index in [0.29, 0.717) is 11.3 Å². The highest BCUT2D eigenvalue weighted by Gasteiger charge is 2.22. The van der Waals surface area contributed by atoms with Crippen molar-refractivity contribution in [2.24, 2.45) is 0 Å². The smallest absolute Gasteiger partial charge is 0.255 e. The van der Waals surface area contributed by atoms with E-state index in [2.05, 4.69) is 10.6 Å². The number of thioether (sulfide) groups is 1. The number of aryl methyl sites for hydroxylation is 2. The molecule has 1 atom stereocenters. The molecule has 0 bridgehead atoms. The molecule has 0 heterocycles. The average molecular weight is 467 g/mol. The van der Waals surface area contributed by atoms with Crippen molar-refractivity contribution in [3.63, 3.8) is 0 Å². The van der Waals surface area contributed by atoms with E-state index in [4.69, 9.17) is 0 Å². The van der Waals surface area contributed by atoms with Crippen LogP contribution in [0.3, 0.4) is 0 Å². The van der Waals surface area contributed by atoms with Crippen LogP contribution in [0.15, 0.2) is 108 Å². The fourth-order valence-electron chi connectivity index (χ4n) is 3.61. The van der Waals surface area contributed by atoms with Crippen LogP contribution in [0.2, 0.25) is 0 Å². The largest absolute Gasteiger partial charge is 0.325 e. The van der Waals surface area contributed by atoms with Gasteiger partial charge in [0.15, 0.2) is 0 Å². The molecule has 0 aliphatic carbocycles. The average Bonchev–Trinajstić information content (AvgIpc) is 2.84. The van der Waals surface area contributed by atoms with Crippen LogP contribution in [-0.4, -0.2) is 11.8 Å². The summed E-state index contributed by atoms with van der Waals surface area (Å²) in [6, 6.07) is 32.6. The minimum absolute atomic E-state index is 0.0845. The second-order valence-corrected chi connectivity index (χ2v) is 9.24. The summed E-state index contributed by atoms with van der Waals surface area (Å²) in [6.45, 7) is 3.92. The van der Waals surface area contributed by atoms with Crippen molar-refractivity contribution in [2.75, 3.05) is 10.6 Å². The number of rotatable bonds is 7. The minimum Gasteiger partial charge on any atom is -0.325 e. The Kier molecular flexibility index (Phi) is 7.45. The van der Waals surface area contributed by atoms with Gasteiger partial charge in [-0.3, -0.25) is 9.59 Å². The lowest BCUT2D eigenvalue weighted by Crippen LogP contribution is -2.19. The van der Waals surface area contributed by atoms with Gasteiger partial charge in [-0.25, -0.2) is 0 Å². The van der Waals surface area contributed by atoms with Crippen molar-refractivity contribution in [3.8, 4) is 0 Å². The fraction of sp³-hybridized carbons (Fsp3) is 0.103. The molecule has 5 heteroatoms. The third-order valence-corrected chi connectivity index (χ3v) is 6.65. The summed E-state index contributed by atoms with van der Waals surface area (Å²) in [6.07, 6.45) is 0. The van der Waals surface area contributed by atoms with E-state index in [1.807, 2.05) is 117 Å². The molecule has 0 fully saturated rings. The van der Waals surface area contributed by atoms with Gasteiger partial charge in [0.05, 0.1) is 0 Å². The van der Waals surface area contributed by atoms with E-state index in [1.54, 1.807) is 0 Å². The maximum absolute atomic E-state index is 13.2. The van der Waals surface area contributed by atoms with Crippen molar-refractivity contribution >= 4 is 35.0 Å². The highest BCUT2D eigenvalue weighted by Crippen LogP contribution is 2.36. The molecule has 0 aliphatic rings. The molecule has 170 valence electrons. The Labute approximate surface area is 204 Å². The topological polar surface area (TPSA) is 58.2 Å². The van der Waals surface area contributed by atoms with E-state index in [9.17, 15) is 9.59 Å². The van der Waals surface area contributed by atoms with Gasteiger partial charge in [0.2, 0.25) is 5.91 Å². The molecule has 0 aromatic heterocycles. The van der Waals surface area contributed by atoms with Gasteiger partial charge in [-0.05, 0) is 73.0 Å². The van der Waals surface area contributed by atoms with Gasteiger partial charge in [-0.1, -0.05) is 60.7 Å². The molecular weight excluding hydrogens is 440 g/mol. The van der Waals surface area contributed by atoms with Crippen molar-refractivity contribution < 1.29 is 9.59 Å². The highest BCUT2D eigenvalue weighted by molar-refractivity contribution is 8.00. The lowest BCUT2D eigenvalue weighted by Gasteiger charge is -2.17. The summed E-state index contributed by atoms with van der Waals surface area (Å²) in [5, 5.41) is 5.57. The molecule has 0 radical (unpaired) electrons. The number of carbonyl (C=O) groups is 2. The van der Waals surface area contributed by atoms with Crippen LogP contribution in [0.1, 0.15) is 32.3 Å². The number of hydrogen-bond donors (Lipinski definition) is 2. The lowest BCUT2D eigenvalue weighted by atomic mass is 10.1. The van der Waals surface area contributed by atoms with Crippen LogP contribution in [0.5, 0.6) is 0 Å². The summed E-state index contributed by atoms with van der Waals surface area (Å²) in [7, 11) is 0. The van der Waals surface area contributed by atoms with Crippen molar-refractivity contribution in [3.05, 3.63) is 125 Å². The maximum atomic E-state index is 13.2. The summed E-state index contributed by atoms with van der Waals surface area (Å²) in [5.41, 5.74) is 5.08. The summed E-state index contributed by atoms with van der Waals surface area (Å²) >= 11 is 1.48. The molecule has 4 aromatic rings. The van der Waals surface area contributed by atoms with Crippen LogP contribution in [0, 0.1) is 13.8 Å². The molecule has 4 aromatic carbocycles. The first-order chi connectivity index (χ1) is 16.5. The molecule has 0 spiro atoms. The predicted octanol–water partition coefficient (Wildman–Crippen LogP) is 7.03. The molecule has 2 amide bonds. The SMILES string of the molecule is Cc1cccc(NC(=O)C(Sc2ccc(NC(=O)c3ccccc3C)cc2)c2ccccc2)c1. The Balaban J connectivity index is 1.49. The molecule has 34 heavy (non-hydrogen) atoms. The third kappa shape index (κ3) is 5.94. The van der Waals surface area contributed by atoms with Gasteiger partial charge in [-0.15, -0.1) is 11.8 Å². The Morgan fingerprint density at radius 1 is 0.706 bits per heavy atom. The second kappa shape index (κ2) is 10.9. The summed E-state index contributed by atoms with van der Waals surface area (Å²) < 4.78 is 0. The molecule has 2 N–H and O–H groups in total.